The van der Waals surface area contributed by atoms with Crippen LogP contribution in [0, 0.1) is 0 Å². The molecule has 0 atom stereocenters. The molecule has 2 heterocycles. The number of pyridine rings is 1. The molecule has 18 heavy (non-hydrogen) atoms. The number of carbonyl (C=O) groups excluding carboxylic acids is 1. The van der Waals surface area contributed by atoms with Crippen LogP contribution in [0.25, 0.3) is 11.2 Å². The molecular weight excluding hydrogens is 275 g/mol. The predicted octanol–water partition coefficient (Wildman–Crippen LogP) is 1.74. The lowest BCUT2D eigenvalue weighted by molar-refractivity contribution is -0.118. The minimum absolute atomic E-state index is 0.241. The smallest absolute Gasteiger partial charge is 0.219 e. The number of fused-ring (bicyclic) bond motifs is 1. The molecule has 96 valence electrons. The lowest BCUT2D eigenvalue weighted by atomic mass is 10.3. The number of hydrogen-bond donors (Lipinski definition) is 1. The van der Waals surface area contributed by atoms with Crippen molar-refractivity contribution in [1.29, 1.82) is 0 Å². The van der Waals surface area contributed by atoms with Crippen molar-refractivity contribution in [2.24, 2.45) is 5.73 Å². The van der Waals surface area contributed by atoms with Crippen molar-refractivity contribution in [2.75, 3.05) is 5.88 Å². The molecule has 1 amide bonds. The van der Waals surface area contributed by atoms with E-state index in [1.165, 1.54) is 0 Å². The third-order valence-electron chi connectivity index (χ3n) is 2.53. The van der Waals surface area contributed by atoms with Crippen LogP contribution in [0.4, 0.5) is 0 Å². The summed E-state index contributed by atoms with van der Waals surface area (Å²) >= 11 is 11.6. The van der Waals surface area contributed by atoms with E-state index >= 15 is 0 Å². The zero-order chi connectivity index (χ0) is 13.1. The molecule has 0 unspecified atom stereocenters. The van der Waals surface area contributed by atoms with Crippen molar-refractivity contribution in [3.8, 4) is 0 Å². The van der Waals surface area contributed by atoms with Gasteiger partial charge in [0.1, 0.15) is 11.3 Å². The molecule has 2 aromatic heterocycles. The van der Waals surface area contributed by atoms with E-state index in [-0.39, 0.29) is 12.3 Å². The summed E-state index contributed by atoms with van der Waals surface area (Å²) in [5.74, 6) is 0.881. The molecule has 0 bridgehead atoms. The Balaban J connectivity index is 2.44. The van der Waals surface area contributed by atoms with Crippen molar-refractivity contribution in [2.45, 2.75) is 19.4 Å². The molecule has 0 fully saturated rings. The van der Waals surface area contributed by atoms with Gasteiger partial charge in [-0.05, 0) is 6.07 Å². The summed E-state index contributed by atoms with van der Waals surface area (Å²) in [4.78, 5) is 19.5. The van der Waals surface area contributed by atoms with Gasteiger partial charge in [0.2, 0.25) is 5.91 Å². The topological polar surface area (TPSA) is 73.8 Å². The third-order valence-corrected chi connectivity index (χ3v) is 2.93. The van der Waals surface area contributed by atoms with E-state index in [0.717, 1.165) is 5.82 Å². The maximum Gasteiger partial charge on any atom is 0.219 e. The number of aryl methyl sites for hydroxylation is 2. The van der Waals surface area contributed by atoms with Crippen molar-refractivity contribution >= 4 is 40.3 Å². The van der Waals surface area contributed by atoms with Crippen LogP contribution in [0.5, 0.6) is 0 Å². The van der Waals surface area contributed by atoms with Gasteiger partial charge < -0.3 is 10.3 Å². The number of alkyl halides is 1. The first-order valence-electron chi connectivity index (χ1n) is 5.46. The average Bonchev–Trinajstić information content (AvgIpc) is 2.63. The number of hydrogen-bond acceptors (Lipinski definition) is 3. The molecule has 0 saturated carbocycles. The molecule has 2 rings (SSSR count). The molecule has 0 spiro atoms. The first-order valence-corrected chi connectivity index (χ1v) is 6.38. The van der Waals surface area contributed by atoms with E-state index in [2.05, 4.69) is 9.97 Å². The standard InChI is InChI=1S/C11H12Cl2N4O/c12-3-1-10-16-8-5-7(13)6-15-11(8)17(10)4-2-9(14)18/h5-6H,1-4H2,(H2,14,18). The van der Waals surface area contributed by atoms with E-state index < -0.39 is 0 Å². The summed E-state index contributed by atoms with van der Waals surface area (Å²) in [6, 6.07) is 1.74. The van der Waals surface area contributed by atoms with Crippen LogP contribution in [0.3, 0.4) is 0 Å². The SMILES string of the molecule is NC(=O)CCn1c(CCCl)nc2cc(Cl)cnc21. The number of carbonyl (C=O) groups is 1. The number of halogens is 2. The summed E-state index contributed by atoms with van der Waals surface area (Å²) in [5, 5.41) is 0.527. The molecule has 2 N–H and O–H groups in total. The molecule has 0 radical (unpaired) electrons. The van der Waals surface area contributed by atoms with Crippen LogP contribution >= 0.6 is 23.2 Å². The van der Waals surface area contributed by atoms with E-state index in [9.17, 15) is 4.79 Å². The number of aromatic nitrogens is 3. The Morgan fingerprint density at radius 1 is 1.50 bits per heavy atom. The maximum atomic E-state index is 10.9. The molecule has 2 aromatic rings. The number of imidazole rings is 1. The lowest BCUT2D eigenvalue weighted by Crippen LogP contribution is -2.15. The Kier molecular flexibility index (Phi) is 4.04. The minimum atomic E-state index is -0.359. The van der Waals surface area contributed by atoms with Crippen LogP contribution in [-0.2, 0) is 17.8 Å². The Hall–Kier alpha value is -1.33. The molecule has 0 aliphatic rings. The molecule has 0 aliphatic carbocycles. The van der Waals surface area contributed by atoms with Gasteiger partial charge in [0.05, 0.1) is 5.02 Å². The predicted molar refractivity (Wildman–Crippen MR) is 70.8 cm³/mol. The Morgan fingerprint density at radius 3 is 2.94 bits per heavy atom. The van der Waals surface area contributed by atoms with Crippen molar-refractivity contribution in [3.05, 3.63) is 23.1 Å². The monoisotopic (exact) mass is 286 g/mol. The summed E-state index contributed by atoms with van der Waals surface area (Å²) in [6.07, 6.45) is 2.40. The molecule has 0 saturated heterocycles. The highest BCUT2D eigenvalue weighted by atomic mass is 35.5. The summed E-state index contributed by atoms with van der Waals surface area (Å²) in [7, 11) is 0. The summed E-state index contributed by atoms with van der Waals surface area (Å²) in [5.41, 5.74) is 6.56. The van der Waals surface area contributed by atoms with Gasteiger partial charge in [-0.3, -0.25) is 4.79 Å². The largest absolute Gasteiger partial charge is 0.370 e. The number of primary amides is 1. The van der Waals surface area contributed by atoms with Gasteiger partial charge >= 0.3 is 0 Å². The average molecular weight is 287 g/mol. The van der Waals surface area contributed by atoms with Gasteiger partial charge in [-0.15, -0.1) is 11.6 Å². The second-order valence-electron chi connectivity index (χ2n) is 3.83. The van der Waals surface area contributed by atoms with Crippen molar-refractivity contribution < 1.29 is 4.79 Å². The number of amides is 1. The highest BCUT2D eigenvalue weighted by Crippen LogP contribution is 2.19. The van der Waals surface area contributed by atoms with Crippen LogP contribution in [-0.4, -0.2) is 26.3 Å². The molecule has 0 aliphatic heterocycles. The maximum absolute atomic E-state index is 10.9. The Bertz CT molecular complexity index is 582. The van der Waals surface area contributed by atoms with E-state index in [0.29, 0.717) is 35.0 Å². The van der Waals surface area contributed by atoms with Crippen molar-refractivity contribution in [1.82, 2.24) is 14.5 Å². The van der Waals surface area contributed by atoms with Crippen molar-refractivity contribution in [3.63, 3.8) is 0 Å². The quantitative estimate of drug-likeness (QED) is 0.851. The second-order valence-corrected chi connectivity index (χ2v) is 4.65. The van der Waals surface area contributed by atoms with Gasteiger partial charge in [-0.1, -0.05) is 11.6 Å². The van der Waals surface area contributed by atoms with E-state index in [1.54, 1.807) is 12.3 Å². The fourth-order valence-corrected chi connectivity index (χ4v) is 2.09. The van der Waals surface area contributed by atoms with Gasteiger partial charge in [0, 0.05) is 31.5 Å². The minimum Gasteiger partial charge on any atom is -0.370 e. The molecule has 7 heteroatoms. The zero-order valence-corrected chi connectivity index (χ0v) is 11.1. The van der Waals surface area contributed by atoms with Gasteiger partial charge in [-0.2, -0.15) is 0 Å². The Labute approximate surface area is 114 Å². The van der Waals surface area contributed by atoms with Crippen LogP contribution in [0.1, 0.15) is 12.2 Å². The van der Waals surface area contributed by atoms with Gasteiger partial charge in [0.25, 0.3) is 0 Å². The highest BCUT2D eigenvalue weighted by molar-refractivity contribution is 6.31. The normalized spacial score (nSPS) is 11.0. The lowest BCUT2D eigenvalue weighted by Gasteiger charge is -2.05. The highest BCUT2D eigenvalue weighted by Gasteiger charge is 2.12. The number of rotatable bonds is 5. The first-order chi connectivity index (χ1) is 8.61. The number of nitrogens with zero attached hydrogens (tertiary/aromatic N) is 3. The van der Waals surface area contributed by atoms with Crippen LogP contribution in [0.15, 0.2) is 12.3 Å². The molecular formula is C11H12Cl2N4O. The third kappa shape index (κ3) is 2.73. The zero-order valence-electron chi connectivity index (χ0n) is 9.57. The van der Waals surface area contributed by atoms with E-state index in [1.807, 2.05) is 4.57 Å². The van der Waals surface area contributed by atoms with E-state index in [4.69, 9.17) is 28.9 Å². The second kappa shape index (κ2) is 5.54. The Morgan fingerprint density at radius 2 is 2.28 bits per heavy atom. The first kappa shape index (κ1) is 13.1. The fraction of sp³-hybridized carbons (Fsp3) is 0.364. The van der Waals surface area contributed by atoms with Gasteiger partial charge in [-0.25, -0.2) is 9.97 Å². The molecule has 0 aromatic carbocycles. The van der Waals surface area contributed by atoms with Gasteiger partial charge in [0.15, 0.2) is 5.65 Å². The molecule has 5 nitrogen and oxygen atoms in total. The fourth-order valence-electron chi connectivity index (χ4n) is 1.77. The summed E-state index contributed by atoms with van der Waals surface area (Å²) in [6.45, 7) is 0.451. The van der Waals surface area contributed by atoms with Crippen LogP contribution in [0.2, 0.25) is 5.02 Å². The summed E-state index contributed by atoms with van der Waals surface area (Å²) < 4.78 is 1.86. The number of nitrogens with two attached hydrogens (primary N) is 1. The van der Waals surface area contributed by atoms with Crippen LogP contribution < -0.4 is 5.73 Å².